The fourth-order valence-corrected chi connectivity index (χ4v) is 4.64. The maximum atomic E-state index is 14.7. The second-order valence-electron chi connectivity index (χ2n) is 7.82. The average molecular weight is 447 g/mol. The first-order valence-electron chi connectivity index (χ1n) is 10.6. The molecule has 9 heteroatoms. The number of carbonyl (C=O) groups excluding carboxylic acids is 1. The number of likely N-dealkylation sites (N-methyl/N-ethyl adjacent to an activating group) is 1. The van der Waals surface area contributed by atoms with Gasteiger partial charge in [0.15, 0.2) is 0 Å². The van der Waals surface area contributed by atoms with Crippen molar-refractivity contribution >= 4 is 41.8 Å². The van der Waals surface area contributed by atoms with Crippen LogP contribution in [0.3, 0.4) is 0 Å². The standard InChI is InChI=1S/C22H31FN6OS/c1-24-13-17(12-18(23)15-28-7-4-5-8-28)22-26-19(14-25-2)20(31-22)6-9-29-11-10-27(3)16-21(29)30/h6,12-14,25H,1,4-5,7-11,15-16H2,2-3H3/b17-13+,18-12+,19-14+,20-6+. The molecule has 1 N–H and O–H groups in total. The molecule has 0 bridgehead atoms. The van der Waals surface area contributed by atoms with Gasteiger partial charge in [0.2, 0.25) is 5.91 Å². The van der Waals surface area contributed by atoms with Crippen LogP contribution in [0.5, 0.6) is 0 Å². The number of nitrogens with one attached hydrogen (secondary N) is 1. The van der Waals surface area contributed by atoms with Gasteiger partial charge in [-0.05, 0) is 51.8 Å². The molecule has 1 aromatic heterocycles. The number of aromatic nitrogens is 1. The predicted molar refractivity (Wildman–Crippen MR) is 126 cm³/mol. The largest absolute Gasteiger partial charge is 0.392 e. The van der Waals surface area contributed by atoms with Gasteiger partial charge in [-0.1, -0.05) is 0 Å². The van der Waals surface area contributed by atoms with Crippen LogP contribution in [-0.2, 0) is 4.79 Å². The molecular formula is C22H31FN6OS. The molecule has 7 nitrogen and oxygen atoms in total. The quantitative estimate of drug-likeness (QED) is 0.469. The molecule has 1 amide bonds. The molecule has 0 unspecified atom stereocenters. The summed E-state index contributed by atoms with van der Waals surface area (Å²) in [5, 5.41) is 4.44. The summed E-state index contributed by atoms with van der Waals surface area (Å²) in [5.74, 6) is -0.0862. The summed E-state index contributed by atoms with van der Waals surface area (Å²) in [5.41, 5.74) is 0.595. The number of rotatable bonds is 8. The van der Waals surface area contributed by atoms with E-state index in [1.165, 1.54) is 17.4 Å². The van der Waals surface area contributed by atoms with Gasteiger partial charge in [-0.25, -0.2) is 9.37 Å². The zero-order chi connectivity index (χ0) is 22.2. The van der Waals surface area contributed by atoms with Crippen LogP contribution in [0, 0.1) is 0 Å². The van der Waals surface area contributed by atoms with Crippen LogP contribution in [0.2, 0.25) is 0 Å². The molecule has 0 atom stereocenters. The molecule has 0 aliphatic carbocycles. The zero-order valence-corrected chi connectivity index (χ0v) is 19.1. The minimum Gasteiger partial charge on any atom is -0.392 e. The number of likely N-dealkylation sites (tertiary alicyclic amines) is 1. The molecule has 2 aliphatic rings. The highest BCUT2D eigenvalue weighted by atomic mass is 32.1. The lowest BCUT2D eigenvalue weighted by Gasteiger charge is -2.31. The normalized spacial score (nSPS) is 20.7. The topological polar surface area (TPSA) is 64.1 Å². The van der Waals surface area contributed by atoms with Crippen molar-refractivity contribution in [2.75, 3.05) is 59.9 Å². The van der Waals surface area contributed by atoms with Gasteiger partial charge < -0.3 is 10.2 Å². The molecule has 2 fully saturated rings. The van der Waals surface area contributed by atoms with Crippen molar-refractivity contribution in [1.29, 1.82) is 0 Å². The fraction of sp³-hybridized carbons (Fsp3) is 0.500. The summed E-state index contributed by atoms with van der Waals surface area (Å²) >= 11 is 1.46. The maximum Gasteiger partial charge on any atom is 0.237 e. The van der Waals surface area contributed by atoms with Gasteiger partial charge in [0.25, 0.3) is 0 Å². The Morgan fingerprint density at radius 3 is 2.77 bits per heavy atom. The minimum absolute atomic E-state index is 0.122. The van der Waals surface area contributed by atoms with Crippen molar-refractivity contribution in [3.05, 3.63) is 33.0 Å². The summed E-state index contributed by atoms with van der Waals surface area (Å²) in [6.45, 7) is 8.23. The van der Waals surface area contributed by atoms with Crippen LogP contribution < -0.4 is 15.2 Å². The number of thiazole rings is 1. The number of aliphatic imine (C=N–C) groups is 1. The minimum atomic E-state index is -0.209. The lowest BCUT2D eigenvalue weighted by molar-refractivity contribution is -0.134. The van der Waals surface area contributed by atoms with E-state index in [9.17, 15) is 9.18 Å². The second-order valence-corrected chi connectivity index (χ2v) is 8.86. The molecule has 3 heterocycles. The number of piperazine rings is 1. The Morgan fingerprint density at radius 1 is 1.32 bits per heavy atom. The SMILES string of the molecule is C=N/C=C(\C=C(\F)CN1CCCC1)c1nc(=C/NC)/c(=C\CN2CCN(C)CC2=O)s1. The smallest absolute Gasteiger partial charge is 0.237 e. The van der Waals surface area contributed by atoms with E-state index >= 15 is 0 Å². The molecule has 0 spiro atoms. The van der Waals surface area contributed by atoms with Gasteiger partial charge in [-0.2, -0.15) is 0 Å². The first kappa shape index (κ1) is 23.3. The summed E-state index contributed by atoms with van der Waals surface area (Å²) < 4.78 is 15.6. The summed E-state index contributed by atoms with van der Waals surface area (Å²) in [4.78, 5) is 26.8. The number of nitrogens with zero attached hydrogens (tertiary/aromatic N) is 5. The average Bonchev–Trinajstić information content (AvgIpc) is 3.37. The van der Waals surface area contributed by atoms with Crippen LogP contribution in [0.4, 0.5) is 4.39 Å². The van der Waals surface area contributed by atoms with Gasteiger partial charge in [-0.3, -0.25) is 19.6 Å². The van der Waals surface area contributed by atoms with Gasteiger partial charge in [0.05, 0.1) is 23.0 Å². The van der Waals surface area contributed by atoms with E-state index in [1.54, 1.807) is 12.4 Å². The molecule has 2 aliphatic heterocycles. The molecule has 3 rings (SSSR count). The van der Waals surface area contributed by atoms with Crippen molar-refractivity contribution in [2.24, 2.45) is 4.99 Å². The van der Waals surface area contributed by atoms with Crippen molar-refractivity contribution in [3.63, 3.8) is 0 Å². The summed E-state index contributed by atoms with van der Waals surface area (Å²) in [6.07, 6.45) is 9.10. The molecule has 168 valence electrons. The van der Waals surface area contributed by atoms with E-state index < -0.39 is 0 Å². The Balaban J connectivity index is 1.84. The highest BCUT2D eigenvalue weighted by Crippen LogP contribution is 2.19. The third kappa shape index (κ3) is 6.56. The van der Waals surface area contributed by atoms with Crippen molar-refractivity contribution < 1.29 is 9.18 Å². The van der Waals surface area contributed by atoms with Gasteiger partial charge >= 0.3 is 0 Å². The van der Waals surface area contributed by atoms with Crippen LogP contribution in [0.1, 0.15) is 17.8 Å². The van der Waals surface area contributed by atoms with Gasteiger partial charge in [-0.15, -0.1) is 11.3 Å². The summed E-state index contributed by atoms with van der Waals surface area (Å²) in [6, 6.07) is 0. The Morgan fingerprint density at radius 2 is 2.10 bits per heavy atom. The van der Waals surface area contributed by atoms with Crippen LogP contribution in [0.15, 0.2) is 23.1 Å². The predicted octanol–water partition coefficient (Wildman–Crippen LogP) is 0.646. The van der Waals surface area contributed by atoms with Crippen molar-refractivity contribution in [2.45, 2.75) is 12.8 Å². The number of halogens is 1. The zero-order valence-electron chi connectivity index (χ0n) is 18.3. The third-order valence-corrected chi connectivity index (χ3v) is 6.45. The summed E-state index contributed by atoms with van der Waals surface area (Å²) in [7, 11) is 3.76. The molecule has 0 aromatic carbocycles. The van der Waals surface area contributed by atoms with E-state index in [0.29, 0.717) is 36.8 Å². The van der Waals surface area contributed by atoms with E-state index in [4.69, 9.17) is 0 Å². The number of amides is 1. The Kier molecular flexibility index (Phi) is 8.51. The van der Waals surface area contributed by atoms with E-state index in [2.05, 4.69) is 26.9 Å². The first-order chi connectivity index (χ1) is 15.0. The molecule has 0 saturated carbocycles. The Labute approximate surface area is 187 Å². The lowest BCUT2D eigenvalue weighted by atomic mass is 10.2. The number of allylic oxidation sites excluding steroid dienone is 2. The van der Waals surface area contributed by atoms with Crippen LogP contribution in [-0.4, -0.2) is 92.2 Å². The number of hydrogen-bond donors (Lipinski definition) is 1. The third-order valence-electron chi connectivity index (χ3n) is 5.33. The second kappa shape index (κ2) is 11.3. The molecule has 1 aromatic rings. The monoisotopic (exact) mass is 446 g/mol. The molecule has 0 radical (unpaired) electrons. The molecular weight excluding hydrogens is 415 g/mol. The van der Waals surface area contributed by atoms with E-state index in [0.717, 1.165) is 42.4 Å². The Hall–Kier alpha value is -2.36. The maximum absolute atomic E-state index is 14.7. The number of carbonyl (C=O) groups is 1. The van der Waals surface area contributed by atoms with Gasteiger partial charge in [0.1, 0.15) is 10.8 Å². The van der Waals surface area contributed by atoms with Crippen LogP contribution in [0.25, 0.3) is 17.8 Å². The van der Waals surface area contributed by atoms with Gasteiger partial charge in [0, 0.05) is 44.7 Å². The van der Waals surface area contributed by atoms with Crippen molar-refractivity contribution in [3.8, 4) is 0 Å². The highest BCUT2D eigenvalue weighted by Gasteiger charge is 2.20. The molecule has 2 saturated heterocycles. The van der Waals surface area contributed by atoms with Crippen molar-refractivity contribution in [1.82, 2.24) is 25.0 Å². The van der Waals surface area contributed by atoms with Crippen LogP contribution >= 0.6 is 11.3 Å². The first-order valence-corrected chi connectivity index (χ1v) is 11.4. The van der Waals surface area contributed by atoms with E-state index in [-0.39, 0.29) is 11.7 Å². The highest BCUT2D eigenvalue weighted by molar-refractivity contribution is 7.10. The Bertz CT molecular complexity index is 963. The van der Waals surface area contributed by atoms with E-state index in [1.807, 2.05) is 30.0 Å². The fourth-order valence-electron chi connectivity index (χ4n) is 3.69. The molecule has 31 heavy (non-hydrogen) atoms. The lowest BCUT2D eigenvalue weighted by Crippen LogP contribution is -2.48. The number of hydrogen-bond acceptors (Lipinski definition) is 7.